The highest BCUT2D eigenvalue weighted by molar-refractivity contribution is 5.88. The van der Waals surface area contributed by atoms with Crippen LogP contribution in [0, 0.1) is 0 Å². The maximum atomic E-state index is 11.0. The number of carboxylic acid groups (broad SMARTS) is 1. The van der Waals surface area contributed by atoms with E-state index in [2.05, 4.69) is 11.1 Å². The molecule has 1 aromatic carbocycles. The maximum absolute atomic E-state index is 11.0. The lowest BCUT2D eigenvalue weighted by Crippen LogP contribution is -2.08. The van der Waals surface area contributed by atoms with E-state index in [4.69, 9.17) is 9.84 Å². The van der Waals surface area contributed by atoms with E-state index >= 15 is 0 Å². The number of aromatic nitrogens is 1. The van der Waals surface area contributed by atoms with Gasteiger partial charge in [0.15, 0.2) is 0 Å². The molecule has 0 spiro atoms. The molecule has 0 amide bonds. The molecule has 1 N–H and O–H groups in total. The van der Waals surface area contributed by atoms with Gasteiger partial charge in [0.25, 0.3) is 0 Å². The van der Waals surface area contributed by atoms with Crippen molar-refractivity contribution in [2.45, 2.75) is 12.8 Å². The van der Waals surface area contributed by atoms with Crippen LogP contribution in [-0.2, 0) is 6.42 Å². The quantitative estimate of drug-likeness (QED) is 0.896. The molecule has 1 aromatic heterocycles. The topological polar surface area (TPSA) is 59.4 Å². The second-order valence-corrected chi connectivity index (χ2v) is 4.54. The number of fused-ring (bicyclic) bond motifs is 1. The molecule has 1 aliphatic rings. The largest absolute Gasteiger partial charge is 0.493 e. The van der Waals surface area contributed by atoms with Gasteiger partial charge in [-0.25, -0.2) is 4.79 Å². The van der Waals surface area contributed by atoms with Crippen molar-refractivity contribution in [1.29, 1.82) is 0 Å². The number of carboxylic acids is 1. The number of ether oxygens (including phenoxy) is 1. The van der Waals surface area contributed by atoms with Gasteiger partial charge in [-0.1, -0.05) is 6.07 Å². The van der Waals surface area contributed by atoms with Crippen LogP contribution in [0.1, 0.15) is 22.3 Å². The number of aryl methyl sites for hydroxylation is 1. The summed E-state index contributed by atoms with van der Waals surface area (Å²) in [6.07, 6.45) is 5.05. The Labute approximate surface area is 110 Å². The predicted molar refractivity (Wildman–Crippen MR) is 70.4 cm³/mol. The first-order chi connectivity index (χ1) is 9.24. The van der Waals surface area contributed by atoms with Crippen molar-refractivity contribution in [1.82, 2.24) is 4.98 Å². The highest BCUT2D eigenvalue weighted by Crippen LogP contribution is 2.30. The second-order valence-electron chi connectivity index (χ2n) is 4.54. The summed E-state index contributed by atoms with van der Waals surface area (Å²) in [5.74, 6) is -0.0343. The first-order valence-corrected chi connectivity index (χ1v) is 6.18. The highest BCUT2D eigenvalue weighted by atomic mass is 16.5. The molecule has 19 heavy (non-hydrogen) atoms. The Morgan fingerprint density at radius 3 is 2.95 bits per heavy atom. The van der Waals surface area contributed by atoms with E-state index in [-0.39, 0.29) is 5.56 Å². The van der Waals surface area contributed by atoms with Crippen molar-refractivity contribution in [2.75, 3.05) is 6.61 Å². The Kier molecular flexibility index (Phi) is 2.91. The predicted octanol–water partition coefficient (Wildman–Crippen LogP) is 2.77. The molecule has 0 saturated carbocycles. The molecule has 4 heteroatoms. The Morgan fingerprint density at radius 1 is 1.21 bits per heavy atom. The summed E-state index contributed by atoms with van der Waals surface area (Å²) < 4.78 is 5.57. The number of hydrogen-bond donors (Lipinski definition) is 1. The van der Waals surface area contributed by atoms with Crippen molar-refractivity contribution < 1.29 is 14.6 Å². The third-order valence-corrected chi connectivity index (χ3v) is 3.23. The summed E-state index contributed by atoms with van der Waals surface area (Å²) >= 11 is 0. The zero-order valence-electron chi connectivity index (χ0n) is 10.3. The normalized spacial score (nSPS) is 13.5. The summed E-state index contributed by atoms with van der Waals surface area (Å²) in [6.45, 7) is 0.766. The van der Waals surface area contributed by atoms with Gasteiger partial charge in [-0.05, 0) is 42.2 Å². The molecule has 0 unspecified atom stereocenters. The van der Waals surface area contributed by atoms with E-state index in [1.54, 1.807) is 12.3 Å². The molecule has 2 heterocycles. The van der Waals surface area contributed by atoms with Gasteiger partial charge in [0.2, 0.25) is 0 Å². The summed E-state index contributed by atoms with van der Waals surface area (Å²) in [5.41, 5.74) is 3.16. The van der Waals surface area contributed by atoms with Crippen molar-refractivity contribution in [3.05, 3.63) is 47.8 Å². The summed E-state index contributed by atoms with van der Waals surface area (Å²) in [7, 11) is 0. The van der Waals surface area contributed by atoms with Crippen LogP contribution in [-0.4, -0.2) is 22.7 Å². The molecule has 4 nitrogen and oxygen atoms in total. The number of carbonyl (C=O) groups is 1. The molecule has 0 atom stereocenters. The standard InChI is InChI=1S/C15H13NO3/c17-15(18)13-7-12(8-16-9-13)10-3-4-14-11(6-10)2-1-5-19-14/h3-4,6-9H,1-2,5H2,(H,17,18). The van der Waals surface area contributed by atoms with E-state index in [0.717, 1.165) is 36.3 Å². The van der Waals surface area contributed by atoms with Gasteiger partial charge in [-0.2, -0.15) is 0 Å². The lowest BCUT2D eigenvalue weighted by Gasteiger charge is -2.17. The van der Waals surface area contributed by atoms with E-state index in [9.17, 15) is 4.79 Å². The summed E-state index contributed by atoms with van der Waals surface area (Å²) in [6, 6.07) is 7.57. The van der Waals surface area contributed by atoms with E-state index < -0.39 is 5.97 Å². The van der Waals surface area contributed by atoms with Crippen LogP contribution in [0.3, 0.4) is 0 Å². The van der Waals surface area contributed by atoms with Gasteiger partial charge in [0.1, 0.15) is 5.75 Å². The van der Waals surface area contributed by atoms with Crippen LogP contribution in [0.5, 0.6) is 5.75 Å². The van der Waals surface area contributed by atoms with Gasteiger partial charge < -0.3 is 9.84 Å². The van der Waals surface area contributed by atoms with Crippen LogP contribution in [0.4, 0.5) is 0 Å². The van der Waals surface area contributed by atoms with Crippen LogP contribution in [0.25, 0.3) is 11.1 Å². The number of rotatable bonds is 2. The Hall–Kier alpha value is -2.36. The fraction of sp³-hybridized carbons (Fsp3) is 0.200. The van der Waals surface area contributed by atoms with Gasteiger partial charge in [-0.15, -0.1) is 0 Å². The molecular formula is C15H13NO3. The smallest absolute Gasteiger partial charge is 0.337 e. The number of hydrogen-bond acceptors (Lipinski definition) is 3. The van der Waals surface area contributed by atoms with E-state index in [1.807, 2.05) is 12.1 Å². The third kappa shape index (κ3) is 2.29. The fourth-order valence-corrected chi connectivity index (χ4v) is 2.25. The van der Waals surface area contributed by atoms with Crippen molar-refractivity contribution in [2.24, 2.45) is 0 Å². The molecule has 0 fully saturated rings. The SMILES string of the molecule is O=C(O)c1cncc(-c2ccc3c(c2)CCCO3)c1. The lowest BCUT2D eigenvalue weighted by molar-refractivity contribution is 0.0696. The van der Waals surface area contributed by atoms with Crippen molar-refractivity contribution in [3.63, 3.8) is 0 Å². The minimum absolute atomic E-state index is 0.200. The van der Waals surface area contributed by atoms with Crippen LogP contribution in [0.2, 0.25) is 0 Å². The molecule has 0 bridgehead atoms. The zero-order valence-corrected chi connectivity index (χ0v) is 10.3. The lowest BCUT2D eigenvalue weighted by atomic mass is 9.99. The summed E-state index contributed by atoms with van der Waals surface area (Å²) in [4.78, 5) is 14.9. The van der Waals surface area contributed by atoms with Crippen molar-refractivity contribution >= 4 is 5.97 Å². The average Bonchev–Trinajstić information content (AvgIpc) is 2.47. The average molecular weight is 255 g/mol. The van der Waals surface area contributed by atoms with E-state index in [1.165, 1.54) is 11.8 Å². The third-order valence-electron chi connectivity index (χ3n) is 3.23. The number of benzene rings is 1. The molecule has 0 aliphatic carbocycles. The monoisotopic (exact) mass is 255 g/mol. The number of nitrogens with zero attached hydrogens (tertiary/aromatic N) is 1. The van der Waals surface area contributed by atoms with E-state index in [0.29, 0.717) is 0 Å². The number of pyridine rings is 1. The van der Waals surface area contributed by atoms with Gasteiger partial charge in [0, 0.05) is 18.0 Å². The van der Waals surface area contributed by atoms with Gasteiger partial charge >= 0.3 is 5.97 Å². The molecule has 2 aromatic rings. The van der Waals surface area contributed by atoms with Crippen LogP contribution < -0.4 is 4.74 Å². The first-order valence-electron chi connectivity index (χ1n) is 6.18. The van der Waals surface area contributed by atoms with Crippen LogP contribution in [0.15, 0.2) is 36.7 Å². The molecule has 96 valence electrons. The van der Waals surface area contributed by atoms with Gasteiger partial charge in [0.05, 0.1) is 12.2 Å². The Morgan fingerprint density at radius 2 is 2.11 bits per heavy atom. The van der Waals surface area contributed by atoms with Crippen LogP contribution >= 0.6 is 0 Å². The molecule has 0 saturated heterocycles. The molecular weight excluding hydrogens is 242 g/mol. The maximum Gasteiger partial charge on any atom is 0.337 e. The minimum Gasteiger partial charge on any atom is -0.493 e. The highest BCUT2D eigenvalue weighted by Gasteiger charge is 2.12. The number of aromatic carboxylic acids is 1. The minimum atomic E-state index is -0.962. The molecule has 1 aliphatic heterocycles. The zero-order chi connectivity index (χ0) is 13.2. The van der Waals surface area contributed by atoms with Crippen molar-refractivity contribution in [3.8, 4) is 16.9 Å². The Bertz CT molecular complexity index is 637. The first kappa shape index (κ1) is 11.7. The fourth-order valence-electron chi connectivity index (χ4n) is 2.25. The molecule has 0 radical (unpaired) electrons. The Balaban J connectivity index is 2.02. The van der Waals surface area contributed by atoms with Gasteiger partial charge in [-0.3, -0.25) is 4.98 Å². The summed E-state index contributed by atoms with van der Waals surface area (Å²) in [5, 5.41) is 8.99. The molecule has 3 rings (SSSR count). The second kappa shape index (κ2) is 4.72.